The Kier molecular flexibility index (Phi) is 7.98. The quantitative estimate of drug-likeness (QED) is 0.173. The van der Waals surface area contributed by atoms with Gasteiger partial charge in [0.15, 0.2) is 0 Å². The van der Waals surface area contributed by atoms with Crippen LogP contribution in [0.15, 0.2) is 212 Å². The molecule has 0 N–H and O–H groups in total. The predicted octanol–water partition coefficient (Wildman–Crippen LogP) is 14.9. The van der Waals surface area contributed by atoms with E-state index in [1.807, 2.05) is 12.3 Å². The third-order valence-electron chi connectivity index (χ3n) is 13.9. The minimum atomic E-state index is 0.310. The molecule has 0 aliphatic heterocycles. The van der Waals surface area contributed by atoms with Gasteiger partial charge >= 0.3 is 0 Å². The van der Waals surface area contributed by atoms with Gasteiger partial charge in [0.1, 0.15) is 23.4 Å². The van der Waals surface area contributed by atoms with E-state index in [-0.39, 0.29) is 0 Å². The molecule has 5 aromatic heterocycles. The van der Waals surface area contributed by atoms with Crippen LogP contribution in [0.1, 0.15) is 11.3 Å². The zero-order valence-corrected chi connectivity index (χ0v) is 36.3. The summed E-state index contributed by atoms with van der Waals surface area (Å²) in [5, 5.41) is 31.4. The molecule has 0 aliphatic rings. The largest absolute Gasteiger partial charge is 0.306 e. The number of aromatic nitrogens is 5. The molecule has 14 rings (SSSR count). The highest BCUT2D eigenvalue weighted by atomic mass is 15.1. The monoisotopic (exact) mass is 865 g/mol. The van der Waals surface area contributed by atoms with E-state index in [0.717, 1.165) is 121 Å². The zero-order chi connectivity index (χ0) is 45.0. The highest BCUT2D eigenvalue weighted by Gasteiger charge is 2.35. The molecule has 0 aliphatic carbocycles. The summed E-state index contributed by atoms with van der Waals surface area (Å²) in [5.74, 6) is 0. The van der Waals surface area contributed by atoms with Gasteiger partial charge in [-0.05, 0) is 60.7 Å². The number of benzene rings is 9. The molecule has 5 heterocycles. The Bertz CT molecular complexity index is 4060. The lowest BCUT2D eigenvalue weighted by molar-refractivity contribution is 1.03. The van der Waals surface area contributed by atoms with Crippen molar-refractivity contribution in [2.75, 3.05) is 0 Å². The molecule has 0 spiro atoms. The molecule has 7 heteroatoms. The molecule has 14 aromatic rings. The fraction of sp³-hybridized carbons (Fsp3) is 0. The van der Waals surface area contributed by atoms with Gasteiger partial charge in [0.25, 0.3) is 0 Å². The van der Waals surface area contributed by atoms with Crippen molar-refractivity contribution in [2.24, 2.45) is 0 Å². The first-order valence-corrected chi connectivity index (χ1v) is 22.7. The summed E-state index contributed by atoms with van der Waals surface area (Å²) in [6.45, 7) is 0. The fourth-order valence-corrected chi connectivity index (χ4v) is 11.2. The SMILES string of the molecule is N#Cc1ccc(-c2c(-n3c4ccccc4c4ccccc43)c(-n3c4ccccc4c4ccccc43)c(C#N)c(-n3c4ccccc4c4ccccc43)c2-n2c3ccccc3c3ccccc32)cn1. The predicted molar refractivity (Wildman–Crippen MR) is 276 cm³/mol. The van der Waals surface area contributed by atoms with E-state index in [0.29, 0.717) is 11.3 Å². The normalized spacial score (nSPS) is 11.8. The van der Waals surface area contributed by atoms with Crippen LogP contribution < -0.4 is 0 Å². The second kappa shape index (κ2) is 14.4. The topological polar surface area (TPSA) is 80.2 Å². The van der Waals surface area contributed by atoms with Crippen LogP contribution in [0.25, 0.3) is 121 Å². The maximum Gasteiger partial charge on any atom is 0.140 e. The Hall–Kier alpha value is -9.69. The first-order chi connectivity index (χ1) is 33.7. The van der Waals surface area contributed by atoms with Crippen molar-refractivity contribution in [1.82, 2.24) is 23.3 Å². The molecular formula is C61H35N7. The molecular weight excluding hydrogens is 831 g/mol. The number of nitrogens with zero attached hydrogens (tertiary/aromatic N) is 7. The van der Waals surface area contributed by atoms with Gasteiger partial charge in [-0.25, -0.2) is 4.98 Å². The minimum absolute atomic E-state index is 0.310. The third-order valence-corrected chi connectivity index (χ3v) is 13.9. The highest BCUT2D eigenvalue weighted by Crippen LogP contribution is 2.51. The molecule has 0 radical (unpaired) electrons. The van der Waals surface area contributed by atoms with Gasteiger partial charge in [-0.3, -0.25) is 0 Å². The Morgan fingerprint density at radius 1 is 0.294 bits per heavy atom. The van der Waals surface area contributed by atoms with Crippen molar-refractivity contribution in [1.29, 1.82) is 10.5 Å². The smallest absolute Gasteiger partial charge is 0.140 e. The minimum Gasteiger partial charge on any atom is -0.306 e. The molecule has 0 fully saturated rings. The van der Waals surface area contributed by atoms with E-state index >= 15 is 0 Å². The maximum absolute atomic E-state index is 12.6. The number of fused-ring (bicyclic) bond motifs is 12. The summed E-state index contributed by atoms with van der Waals surface area (Å²) >= 11 is 0. The van der Waals surface area contributed by atoms with Gasteiger partial charge in [-0.15, -0.1) is 0 Å². The van der Waals surface area contributed by atoms with Crippen LogP contribution in [0.5, 0.6) is 0 Å². The lowest BCUT2D eigenvalue weighted by Gasteiger charge is -2.29. The Morgan fingerprint density at radius 2 is 0.559 bits per heavy atom. The number of hydrogen-bond acceptors (Lipinski definition) is 3. The van der Waals surface area contributed by atoms with Crippen LogP contribution in [0, 0.1) is 22.7 Å². The van der Waals surface area contributed by atoms with Crippen LogP contribution in [0.4, 0.5) is 0 Å². The highest BCUT2D eigenvalue weighted by molar-refractivity contribution is 6.17. The van der Waals surface area contributed by atoms with E-state index in [1.165, 1.54) is 0 Å². The van der Waals surface area contributed by atoms with Gasteiger partial charge in [0.2, 0.25) is 0 Å². The standard InChI is InChI=1S/C61H35N7/c62-35-39-34-33-38(37-64-39)57-60(67-53-29-13-5-21-44(53)45-22-6-14-30-54(45)67)58(65-49-25-9-1-17-40(49)41-18-2-10-26-50(41)65)48(36-63)59(66-51-27-11-3-19-42(51)43-20-4-12-28-52(43)66)61(57)68-55-31-15-7-23-46(55)47-24-8-16-32-56(47)68/h1-34,37H. The van der Waals surface area contributed by atoms with E-state index in [2.05, 4.69) is 225 Å². The molecule has 0 amide bonds. The first kappa shape index (κ1) is 37.7. The summed E-state index contributed by atoms with van der Waals surface area (Å²) in [7, 11) is 0. The van der Waals surface area contributed by atoms with E-state index < -0.39 is 0 Å². The molecule has 0 unspecified atom stereocenters. The Morgan fingerprint density at radius 3 is 0.794 bits per heavy atom. The Labute approximate surface area is 389 Å². The summed E-state index contributed by atoms with van der Waals surface area (Å²) < 4.78 is 9.36. The molecule has 314 valence electrons. The first-order valence-electron chi connectivity index (χ1n) is 22.7. The van der Waals surface area contributed by atoms with Crippen LogP contribution in [-0.4, -0.2) is 23.3 Å². The molecule has 7 nitrogen and oxygen atoms in total. The summed E-state index contributed by atoms with van der Waals surface area (Å²) in [6.07, 6.45) is 1.83. The summed E-state index contributed by atoms with van der Waals surface area (Å²) in [5.41, 5.74) is 13.3. The molecule has 9 aromatic carbocycles. The zero-order valence-electron chi connectivity index (χ0n) is 36.3. The molecule has 0 saturated heterocycles. The second-order valence-corrected chi connectivity index (χ2v) is 17.3. The van der Waals surface area contributed by atoms with Crippen molar-refractivity contribution in [3.63, 3.8) is 0 Å². The number of nitriles is 2. The van der Waals surface area contributed by atoms with Crippen molar-refractivity contribution in [3.8, 4) is 46.0 Å². The summed E-state index contributed by atoms with van der Waals surface area (Å²) in [6, 6.07) is 77.2. The number of rotatable bonds is 5. The van der Waals surface area contributed by atoms with Gasteiger partial charge in [0, 0.05) is 60.4 Å². The van der Waals surface area contributed by atoms with Gasteiger partial charge in [-0.2, -0.15) is 10.5 Å². The number of para-hydroxylation sites is 8. The van der Waals surface area contributed by atoms with Crippen molar-refractivity contribution >= 4 is 87.2 Å². The average Bonchev–Trinajstić information content (AvgIpc) is 4.13. The lowest BCUT2D eigenvalue weighted by Crippen LogP contribution is -2.16. The average molecular weight is 866 g/mol. The van der Waals surface area contributed by atoms with Crippen molar-refractivity contribution in [3.05, 3.63) is 224 Å². The van der Waals surface area contributed by atoms with Crippen LogP contribution in [0.3, 0.4) is 0 Å². The molecule has 0 atom stereocenters. The fourth-order valence-electron chi connectivity index (χ4n) is 11.2. The van der Waals surface area contributed by atoms with Crippen molar-refractivity contribution in [2.45, 2.75) is 0 Å². The van der Waals surface area contributed by atoms with Crippen LogP contribution in [-0.2, 0) is 0 Å². The van der Waals surface area contributed by atoms with Crippen LogP contribution >= 0.6 is 0 Å². The molecule has 0 saturated carbocycles. The summed E-state index contributed by atoms with van der Waals surface area (Å²) in [4.78, 5) is 4.84. The van der Waals surface area contributed by atoms with E-state index in [9.17, 15) is 10.5 Å². The van der Waals surface area contributed by atoms with Gasteiger partial charge in [0.05, 0.1) is 66.9 Å². The number of hydrogen-bond donors (Lipinski definition) is 0. The van der Waals surface area contributed by atoms with Crippen LogP contribution in [0.2, 0.25) is 0 Å². The van der Waals surface area contributed by atoms with Crippen molar-refractivity contribution < 1.29 is 0 Å². The van der Waals surface area contributed by atoms with E-state index in [1.54, 1.807) is 6.07 Å². The molecule has 68 heavy (non-hydrogen) atoms. The van der Waals surface area contributed by atoms with E-state index in [4.69, 9.17) is 4.98 Å². The van der Waals surface area contributed by atoms with Gasteiger partial charge < -0.3 is 18.3 Å². The molecule has 0 bridgehead atoms. The third kappa shape index (κ3) is 5.07. The Balaban J connectivity index is 1.37. The van der Waals surface area contributed by atoms with Gasteiger partial charge in [-0.1, -0.05) is 146 Å². The maximum atomic E-state index is 12.6. The lowest BCUT2D eigenvalue weighted by atomic mass is 9.94. The second-order valence-electron chi connectivity index (χ2n) is 17.3. The number of pyridine rings is 1.